The van der Waals surface area contributed by atoms with Gasteiger partial charge in [0, 0.05) is 13.1 Å². The maximum Gasteiger partial charge on any atom is 0.518 e. The molecule has 0 fully saturated rings. The number of pyridine rings is 1. The van der Waals surface area contributed by atoms with Gasteiger partial charge in [0.15, 0.2) is 12.4 Å². The van der Waals surface area contributed by atoms with Gasteiger partial charge >= 0.3 is 6.16 Å². The number of nitrogens with zero attached hydrogens (tertiary/aromatic N) is 1. The summed E-state index contributed by atoms with van der Waals surface area (Å²) in [6, 6.07) is 9.29. The largest absolute Gasteiger partial charge is 0.518 e. The van der Waals surface area contributed by atoms with Gasteiger partial charge in [-0.05, 0) is 29.0 Å². The zero-order valence-corrected chi connectivity index (χ0v) is 20.0. The highest BCUT2D eigenvalue weighted by atomic mass is 32.2. The Morgan fingerprint density at radius 2 is 1.59 bits per heavy atom. The molecule has 0 aliphatic heterocycles. The first-order valence-corrected chi connectivity index (χ1v) is 11.8. The summed E-state index contributed by atoms with van der Waals surface area (Å²) in [4.78, 5) is 24.0. The molecule has 0 unspecified atom stereocenters. The van der Waals surface area contributed by atoms with Crippen molar-refractivity contribution in [2.45, 2.75) is 46.3 Å². The molecule has 0 radical (unpaired) electrons. The maximum atomic E-state index is 12.3. The summed E-state index contributed by atoms with van der Waals surface area (Å²) in [6.45, 7) is 8.16. The zero-order chi connectivity index (χ0) is 24.5. The van der Waals surface area contributed by atoms with Crippen molar-refractivity contribution in [2.75, 3.05) is 13.3 Å². The minimum absolute atomic E-state index is 0.0511. The van der Waals surface area contributed by atoms with Gasteiger partial charge in [-0.2, -0.15) is 13.0 Å². The molecule has 0 spiro atoms. The van der Waals surface area contributed by atoms with E-state index in [0.717, 1.165) is 11.1 Å². The Labute approximate surface area is 189 Å². The highest BCUT2D eigenvalue weighted by Crippen LogP contribution is 2.34. The highest BCUT2D eigenvalue weighted by molar-refractivity contribution is 7.85. The van der Waals surface area contributed by atoms with Crippen LogP contribution in [-0.4, -0.2) is 38.3 Å². The number of aromatic nitrogens is 1. The Bertz CT molecular complexity index is 1000. The Balaban J connectivity index is 0.000000920. The van der Waals surface area contributed by atoms with E-state index in [9.17, 15) is 18.0 Å². The standard InChI is InChI=1S/C21H26N2O4.CH4O3S/c1-14(2)17-9-6-10-18(15(3)4)19(17)27-21(25)26-13-23-11-7-8-16(12-23)20(24)22-5;1-5(2,3)4/h6-12,14-15H,13H2,1-5H3;1H3,(H,2,3,4)/p+1. The van der Waals surface area contributed by atoms with E-state index < -0.39 is 16.3 Å². The highest BCUT2D eigenvalue weighted by Gasteiger charge is 2.20. The van der Waals surface area contributed by atoms with E-state index >= 15 is 0 Å². The van der Waals surface area contributed by atoms with Crippen LogP contribution in [0.4, 0.5) is 4.79 Å². The molecule has 2 N–H and O–H groups in total. The minimum atomic E-state index is -3.67. The summed E-state index contributed by atoms with van der Waals surface area (Å²) in [5, 5.41) is 2.55. The fourth-order valence-corrected chi connectivity index (χ4v) is 2.72. The van der Waals surface area contributed by atoms with Crippen LogP contribution in [0.15, 0.2) is 42.7 Å². The van der Waals surface area contributed by atoms with E-state index in [-0.39, 0.29) is 24.5 Å². The molecular weight excluding hydrogens is 436 g/mol. The van der Waals surface area contributed by atoms with Crippen LogP contribution in [0, 0.1) is 0 Å². The van der Waals surface area contributed by atoms with Gasteiger partial charge in [0.25, 0.3) is 22.8 Å². The normalized spacial score (nSPS) is 10.9. The Morgan fingerprint density at radius 3 is 2.06 bits per heavy atom. The summed E-state index contributed by atoms with van der Waals surface area (Å²) >= 11 is 0. The van der Waals surface area contributed by atoms with Crippen molar-refractivity contribution in [2.24, 2.45) is 0 Å². The van der Waals surface area contributed by atoms with Gasteiger partial charge in [-0.25, -0.2) is 4.79 Å². The number of amides is 1. The minimum Gasteiger partial charge on any atom is -0.394 e. The molecule has 0 aliphatic carbocycles. The quantitative estimate of drug-likeness (QED) is 0.289. The second-order valence-electron chi connectivity index (χ2n) is 7.62. The van der Waals surface area contributed by atoms with E-state index in [1.165, 1.54) is 0 Å². The molecule has 10 heteroatoms. The molecule has 1 heterocycles. The lowest BCUT2D eigenvalue weighted by Crippen LogP contribution is -2.37. The molecule has 0 bridgehead atoms. The third kappa shape index (κ3) is 9.44. The molecule has 2 aromatic rings. The van der Waals surface area contributed by atoms with Gasteiger partial charge < -0.3 is 14.8 Å². The van der Waals surface area contributed by atoms with Crippen molar-refractivity contribution < 1.29 is 36.6 Å². The van der Waals surface area contributed by atoms with Gasteiger partial charge in [0.2, 0.25) is 0 Å². The Hall–Kier alpha value is -2.98. The van der Waals surface area contributed by atoms with Crippen molar-refractivity contribution in [1.82, 2.24) is 5.32 Å². The number of nitrogens with one attached hydrogen (secondary N) is 1. The van der Waals surface area contributed by atoms with E-state index in [2.05, 4.69) is 33.0 Å². The predicted molar refractivity (Wildman–Crippen MR) is 119 cm³/mol. The van der Waals surface area contributed by atoms with E-state index in [4.69, 9.17) is 14.0 Å². The van der Waals surface area contributed by atoms with Crippen LogP contribution in [0.1, 0.15) is 61.0 Å². The van der Waals surface area contributed by atoms with Crippen molar-refractivity contribution in [3.8, 4) is 5.75 Å². The molecule has 32 heavy (non-hydrogen) atoms. The first-order chi connectivity index (χ1) is 14.8. The second-order valence-corrected chi connectivity index (χ2v) is 9.09. The van der Waals surface area contributed by atoms with Crippen molar-refractivity contribution in [3.05, 3.63) is 59.4 Å². The van der Waals surface area contributed by atoms with Crippen LogP contribution in [0.5, 0.6) is 5.75 Å². The van der Waals surface area contributed by atoms with Crippen molar-refractivity contribution in [3.63, 3.8) is 0 Å². The number of ether oxygens (including phenoxy) is 2. The molecule has 0 aliphatic rings. The number of hydrogen-bond acceptors (Lipinski definition) is 6. The molecule has 0 atom stereocenters. The molecule has 0 saturated heterocycles. The second kappa shape index (κ2) is 12.2. The van der Waals surface area contributed by atoms with E-state index in [1.807, 2.05) is 18.2 Å². The van der Waals surface area contributed by atoms with Crippen molar-refractivity contribution >= 4 is 22.2 Å². The molecule has 176 valence electrons. The molecule has 1 aromatic heterocycles. The smallest absolute Gasteiger partial charge is 0.394 e. The van der Waals surface area contributed by atoms with Crippen LogP contribution in [0.3, 0.4) is 0 Å². The summed E-state index contributed by atoms with van der Waals surface area (Å²) in [7, 11) is -2.11. The monoisotopic (exact) mass is 467 g/mol. The van der Waals surface area contributed by atoms with Gasteiger partial charge in [0.05, 0.1) is 6.26 Å². The van der Waals surface area contributed by atoms with Gasteiger partial charge in [-0.3, -0.25) is 9.35 Å². The summed E-state index contributed by atoms with van der Waals surface area (Å²) in [6.07, 6.45) is 3.25. The lowest BCUT2D eigenvalue weighted by molar-refractivity contribution is -0.727. The van der Waals surface area contributed by atoms with Crippen LogP contribution in [0.25, 0.3) is 0 Å². The average molecular weight is 468 g/mol. The number of para-hydroxylation sites is 1. The SMILES string of the molecule is CNC(=O)c1ccc[n+](COC(=O)Oc2c(C(C)C)cccc2C(C)C)c1.CS(=O)(=O)O. The molecule has 2 rings (SSSR count). The fourth-order valence-electron chi connectivity index (χ4n) is 2.72. The van der Waals surface area contributed by atoms with Crippen LogP contribution < -0.4 is 14.6 Å². The zero-order valence-electron chi connectivity index (χ0n) is 19.2. The molecule has 0 saturated carbocycles. The Kier molecular flexibility index (Phi) is 10.3. The first-order valence-electron chi connectivity index (χ1n) is 9.94. The van der Waals surface area contributed by atoms with Gasteiger partial charge in [-0.1, -0.05) is 45.9 Å². The number of carbonyl (C=O) groups excluding carboxylic acids is 2. The number of benzene rings is 1. The number of hydrogen-bond donors (Lipinski definition) is 2. The third-order valence-corrected chi connectivity index (χ3v) is 4.18. The molecule has 9 nitrogen and oxygen atoms in total. The van der Waals surface area contributed by atoms with Gasteiger partial charge in [0.1, 0.15) is 11.3 Å². The summed E-state index contributed by atoms with van der Waals surface area (Å²) < 4.78 is 38.3. The number of rotatable bonds is 6. The molecule has 1 aromatic carbocycles. The number of carbonyl (C=O) groups is 2. The Morgan fingerprint density at radius 1 is 1.06 bits per heavy atom. The van der Waals surface area contributed by atoms with E-state index in [1.54, 1.807) is 36.1 Å². The molecule has 1 amide bonds. The van der Waals surface area contributed by atoms with Crippen LogP contribution in [0.2, 0.25) is 0 Å². The van der Waals surface area contributed by atoms with E-state index in [0.29, 0.717) is 17.6 Å². The van der Waals surface area contributed by atoms with Crippen molar-refractivity contribution in [1.29, 1.82) is 0 Å². The lowest BCUT2D eigenvalue weighted by Gasteiger charge is -2.18. The third-order valence-electron chi connectivity index (χ3n) is 4.18. The first kappa shape index (κ1) is 27.1. The summed E-state index contributed by atoms with van der Waals surface area (Å²) in [5.74, 6) is 0.784. The summed E-state index contributed by atoms with van der Waals surface area (Å²) in [5.41, 5.74) is 2.41. The lowest BCUT2D eigenvalue weighted by atomic mass is 9.94. The average Bonchev–Trinajstić information content (AvgIpc) is 2.70. The van der Waals surface area contributed by atoms with Crippen LogP contribution in [-0.2, 0) is 21.6 Å². The maximum absolute atomic E-state index is 12.3. The molecular formula is C22H31N2O7S+. The predicted octanol–water partition coefficient (Wildman–Crippen LogP) is 3.26. The fraction of sp³-hybridized carbons (Fsp3) is 0.409. The van der Waals surface area contributed by atoms with Gasteiger partial charge in [-0.15, -0.1) is 0 Å². The topological polar surface area (TPSA) is 123 Å². The van der Waals surface area contributed by atoms with Crippen LogP contribution >= 0.6 is 0 Å².